The highest BCUT2D eigenvalue weighted by Gasteiger charge is 2.06. The standard InChI is InChI=1S/C12H23N5/c1-3-5-6-10(4-2)8-14-11-7-12(17-13)16-9-15-11/h7,9-10H,3-6,8,13H2,1-2H3,(H2,14,15,16,17). The summed E-state index contributed by atoms with van der Waals surface area (Å²) in [5.74, 6) is 7.46. The molecule has 0 amide bonds. The zero-order valence-electron chi connectivity index (χ0n) is 10.7. The van der Waals surface area contributed by atoms with Crippen LogP contribution in [-0.4, -0.2) is 16.5 Å². The average molecular weight is 237 g/mol. The molecule has 0 aliphatic rings. The van der Waals surface area contributed by atoms with E-state index in [0.29, 0.717) is 11.7 Å². The van der Waals surface area contributed by atoms with Gasteiger partial charge < -0.3 is 10.7 Å². The number of anilines is 2. The SMILES string of the molecule is CCCCC(CC)CNc1cc(NN)ncn1. The van der Waals surface area contributed by atoms with Gasteiger partial charge in [0.05, 0.1) is 0 Å². The van der Waals surface area contributed by atoms with Gasteiger partial charge in [-0.2, -0.15) is 0 Å². The Kier molecular flexibility index (Phi) is 6.32. The fourth-order valence-electron chi connectivity index (χ4n) is 1.73. The third-order valence-electron chi connectivity index (χ3n) is 2.93. The summed E-state index contributed by atoms with van der Waals surface area (Å²) in [5, 5.41) is 3.33. The molecule has 0 aliphatic heterocycles. The number of nitrogen functional groups attached to an aromatic ring is 1. The van der Waals surface area contributed by atoms with E-state index >= 15 is 0 Å². The van der Waals surface area contributed by atoms with Gasteiger partial charge in [-0.25, -0.2) is 15.8 Å². The van der Waals surface area contributed by atoms with Gasteiger partial charge in [0.1, 0.15) is 18.0 Å². The number of unbranched alkanes of at least 4 members (excludes halogenated alkanes) is 1. The van der Waals surface area contributed by atoms with Crippen LogP contribution in [0.15, 0.2) is 12.4 Å². The van der Waals surface area contributed by atoms with Crippen LogP contribution in [0.25, 0.3) is 0 Å². The quantitative estimate of drug-likeness (QED) is 0.478. The van der Waals surface area contributed by atoms with Crippen LogP contribution in [0.1, 0.15) is 39.5 Å². The van der Waals surface area contributed by atoms with E-state index in [9.17, 15) is 0 Å². The second kappa shape index (κ2) is 7.84. The summed E-state index contributed by atoms with van der Waals surface area (Å²) in [7, 11) is 0. The molecule has 4 N–H and O–H groups in total. The summed E-state index contributed by atoms with van der Waals surface area (Å²) >= 11 is 0. The van der Waals surface area contributed by atoms with E-state index in [2.05, 4.69) is 34.6 Å². The Morgan fingerprint density at radius 1 is 1.29 bits per heavy atom. The second-order valence-electron chi connectivity index (χ2n) is 4.23. The first-order chi connectivity index (χ1) is 8.30. The highest BCUT2D eigenvalue weighted by Crippen LogP contribution is 2.14. The number of hydrazine groups is 1. The molecule has 5 heteroatoms. The van der Waals surface area contributed by atoms with Gasteiger partial charge in [-0.3, -0.25) is 0 Å². The van der Waals surface area contributed by atoms with Crippen molar-refractivity contribution in [2.45, 2.75) is 39.5 Å². The van der Waals surface area contributed by atoms with Crippen molar-refractivity contribution < 1.29 is 0 Å². The molecule has 1 aromatic heterocycles. The molecule has 17 heavy (non-hydrogen) atoms. The maximum absolute atomic E-state index is 5.30. The molecule has 1 atom stereocenters. The van der Waals surface area contributed by atoms with Crippen LogP contribution in [0.3, 0.4) is 0 Å². The van der Waals surface area contributed by atoms with E-state index in [1.54, 1.807) is 0 Å². The third kappa shape index (κ3) is 4.99. The molecule has 0 aromatic carbocycles. The van der Waals surface area contributed by atoms with Crippen molar-refractivity contribution in [1.29, 1.82) is 0 Å². The molecule has 1 rings (SSSR count). The Labute approximate surface area is 103 Å². The maximum atomic E-state index is 5.30. The molecule has 0 saturated heterocycles. The fraction of sp³-hybridized carbons (Fsp3) is 0.667. The molecule has 0 radical (unpaired) electrons. The van der Waals surface area contributed by atoms with Crippen LogP contribution in [0, 0.1) is 5.92 Å². The van der Waals surface area contributed by atoms with Crippen LogP contribution < -0.4 is 16.6 Å². The van der Waals surface area contributed by atoms with Crippen LogP contribution in [0.4, 0.5) is 11.6 Å². The molecule has 1 unspecified atom stereocenters. The predicted octanol–water partition coefficient (Wildman–Crippen LogP) is 2.39. The van der Waals surface area contributed by atoms with Crippen molar-refractivity contribution in [1.82, 2.24) is 9.97 Å². The monoisotopic (exact) mass is 237 g/mol. The minimum atomic E-state index is 0.629. The number of hydrogen-bond donors (Lipinski definition) is 3. The van der Waals surface area contributed by atoms with Gasteiger partial charge in [0, 0.05) is 12.6 Å². The molecular weight excluding hydrogens is 214 g/mol. The number of nitrogens with two attached hydrogens (primary N) is 1. The third-order valence-corrected chi connectivity index (χ3v) is 2.93. The van der Waals surface area contributed by atoms with E-state index in [-0.39, 0.29) is 0 Å². The lowest BCUT2D eigenvalue weighted by Crippen LogP contribution is -2.15. The summed E-state index contributed by atoms with van der Waals surface area (Å²) in [6.45, 7) is 5.41. The lowest BCUT2D eigenvalue weighted by Gasteiger charge is -2.15. The van der Waals surface area contributed by atoms with Crippen molar-refractivity contribution in [2.24, 2.45) is 11.8 Å². The van der Waals surface area contributed by atoms with Crippen LogP contribution in [0.5, 0.6) is 0 Å². The molecule has 1 heterocycles. The molecule has 5 nitrogen and oxygen atoms in total. The smallest absolute Gasteiger partial charge is 0.145 e. The average Bonchev–Trinajstić information content (AvgIpc) is 2.39. The minimum absolute atomic E-state index is 0.629. The van der Waals surface area contributed by atoms with Crippen LogP contribution in [-0.2, 0) is 0 Å². The number of rotatable bonds is 8. The summed E-state index contributed by atoms with van der Waals surface area (Å²) < 4.78 is 0. The highest BCUT2D eigenvalue weighted by molar-refractivity contribution is 5.45. The number of aromatic nitrogens is 2. The van der Waals surface area contributed by atoms with Gasteiger partial charge in [0.15, 0.2) is 0 Å². The van der Waals surface area contributed by atoms with E-state index in [4.69, 9.17) is 5.84 Å². The first kappa shape index (κ1) is 13.7. The van der Waals surface area contributed by atoms with Gasteiger partial charge in [-0.15, -0.1) is 0 Å². The maximum Gasteiger partial charge on any atom is 0.145 e. The van der Waals surface area contributed by atoms with Crippen LogP contribution in [0.2, 0.25) is 0 Å². The molecule has 0 spiro atoms. The van der Waals surface area contributed by atoms with Crippen molar-refractivity contribution in [3.8, 4) is 0 Å². The zero-order chi connectivity index (χ0) is 12.5. The molecule has 1 aromatic rings. The molecule has 0 bridgehead atoms. The first-order valence-corrected chi connectivity index (χ1v) is 6.32. The van der Waals surface area contributed by atoms with E-state index in [1.165, 1.54) is 32.0 Å². The largest absolute Gasteiger partial charge is 0.370 e. The lowest BCUT2D eigenvalue weighted by atomic mass is 9.99. The zero-order valence-corrected chi connectivity index (χ0v) is 10.7. The Morgan fingerprint density at radius 3 is 2.71 bits per heavy atom. The van der Waals surface area contributed by atoms with Crippen molar-refractivity contribution in [2.75, 3.05) is 17.3 Å². The fourth-order valence-corrected chi connectivity index (χ4v) is 1.73. The van der Waals surface area contributed by atoms with Gasteiger partial charge in [0.25, 0.3) is 0 Å². The Hall–Kier alpha value is -1.36. The normalized spacial score (nSPS) is 12.2. The summed E-state index contributed by atoms with van der Waals surface area (Å²) in [6.07, 6.45) is 6.52. The Balaban J connectivity index is 2.41. The van der Waals surface area contributed by atoms with Gasteiger partial charge in [-0.1, -0.05) is 33.1 Å². The highest BCUT2D eigenvalue weighted by atomic mass is 15.3. The van der Waals surface area contributed by atoms with Crippen molar-refractivity contribution in [3.63, 3.8) is 0 Å². The van der Waals surface area contributed by atoms with Crippen molar-refractivity contribution >= 4 is 11.6 Å². The molecule has 96 valence electrons. The number of nitrogens with zero attached hydrogens (tertiary/aromatic N) is 2. The predicted molar refractivity (Wildman–Crippen MR) is 71.6 cm³/mol. The Bertz CT molecular complexity index is 316. The van der Waals surface area contributed by atoms with Gasteiger partial charge in [0.2, 0.25) is 0 Å². The Morgan fingerprint density at radius 2 is 2.06 bits per heavy atom. The topological polar surface area (TPSA) is 75.9 Å². The lowest BCUT2D eigenvalue weighted by molar-refractivity contribution is 0.472. The van der Waals surface area contributed by atoms with Crippen LogP contribution >= 0.6 is 0 Å². The van der Waals surface area contributed by atoms with E-state index in [1.807, 2.05) is 6.07 Å². The first-order valence-electron chi connectivity index (χ1n) is 6.32. The van der Waals surface area contributed by atoms with Gasteiger partial charge in [-0.05, 0) is 12.3 Å². The summed E-state index contributed by atoms with van der Waals surface area (Å²) in [4.78, 5) is 8.12. The minimum Gasteiger partial charge on any atom is -0.370 e. The van der Waals surface area contributed by atoms with Crippen molar-refractivity contribution in [3.05, 3.63) is 12.4 Å². The molecule has 0 fully saturated rings. The molecule has 0 aliphatic carbocycles. The molecule has 0 saturated carbocycles. The molecular formula is C12H23N5. The summed E-state index contributed by atoms with van der Waals surface area (Å²) in [5.41, 5.74) is 2.51. The number of nitrogens with one attached hydrogen (secondary N) is 2. The van der Waals surface area contributed by atoms with E-state index in [0.717, 1.165) is 12.4 Å². The number of hydrogen-bond acceptors (Lipinski definition) is 5. The summed E-state index contributed by atoms with van der Waals surface area (Å²) in [6, 6.07) is 1.81. The second-order valence-corrected chi connectivity index (χ2v) is 4.23. The van der Waals surface area contributed by atoms with Gasteiger partial charge >= 0.3 is 0 Å². The van der Waals surface area contributed by atoms with E-state index < -0.39 is 0 Å².